The van der Waals surface area contributed by atoms with Crippen molar-refractivity contribution < 1.29 is 0 Å². The number of nitrogens with zero attached hydrogens (tertiary/aromatic N) is 2. The van der Waals surface area contributed by atoms with Crippen molar-refractivity contribution in [3.05, 3.63) is 48.7 Å². The van der Waals surface area contributed by atoms with Gasteiger partial charge in [0.05, 0.1) is 0 Å². The Hall–Kier alpha value is -1.70. The number of hydrogen-bond donors (Lipinski definition) is 0. The molecule has 0 atom stereocenters. The molecule has 1 aromatic carbocycles. The average Bonchev–Trinajstić information content (AvgIpc) is 2.19. The standard InChI is InChI=1S/C11H12N2/c1-3-12-11(13-4-2)10-8-6-5-7-9-10/h3-9H,1H2,2H3. The molecule has 0 aromatic heterocycles. The van der Waals surface area contributed by atoms with Crippen LogP contribution in [0.5, 0.6) is 0 Å². The summed E-state index contributed by atoms with van der Waals surface area (Å²) in [5.41, 5.74) is 1.00. The average molecular weight is 172 g/mol. The van der Waals surface area contributed by atoms with Crippen molar-refractivity contribution in [3.63, 3.8) is 0 Å². The van der Waals surface area contributed by atoms with Gasteiger partial charge in [-0.1, -0.05) is 36.9 Å². The van der Waals surface area contributed by atoms with E-state index < -0.39 is 0 Å². The summed E-state index contributed by atoms with van der Waals surface area (Å²) < 4.78 is 0. The van der Waals surface area contributed by atoms with Crippen LogP contribution in [-0.2, 0) is 0 Å². The zero-order valence-electron chi connectivity index (χ0n) is 7.64. The maximum Gasteiger partial charge on any atom is 0.158 e. The Bertz CT molecular complexity index is 323. The van der Waals surface area contributed by atoms with E-state index in [0.29, 0.717) is 5.84 Å². The number of benzene rings is 1. The lowest BCUT2D eigenvalue weighted by atomic mass is 10.2. The van der Waals surface area contributed by atoms with E-state index in [0.717, 1.165) is 5.56 Å². The molecule has 0 saturated carbocycles. The number of hydrogen-bond acceptors (Lipinski definition) is 1. The molecule has 0 radical (unpaired) electrons. The van der Waals surface area contributed by atoms with E-state index in [2.05, 4.69) is 16.6 Å². The van der Waals surface area contributed by atoms with Crippen LogP contribution in [0.2, 0.25) is 0 Å². The van der Waals surface area contributed by atoms with Gasteiger partial charge >= 0.3 is 0 Å². The minimum Gasteiger partial charge on any atom is -0.241 e. The molecule has 0 N–H and O–H groups in total. The minimum atomic E-state index is 0.693. The highest BCUT2D eigenvalue weighted by atomic mass is 14.9. The van der Waals surface area contributed by atoms with Crippen LogP contribution in [0.3, 0.4) is 0 Å². The van der Waals surface area contributed by atoms with Crippen molar-refractivity contribution in [1.82, 2.24) is 0 Å². The smallest absolute Gasteiger partial charge is 0.158 e. The van der Waals surface area contributed by atoms with E-state index in [4.69, 9.17) is 0 Å². The molecule has 13 heavy (non-hydrogen) atoms. The van der Waals surface area contributed by atoms with Gasteiger partial charge in [0, 0.05) is 18.0 Å². The molecular formula is C11H12N2. The number of aliphatic imine (C=N–C) groups is 2. The zero-order valence-corrected chi connectivity index (χ0v) is 7.64. The van der Waals surface area contributed by atoms with Gasteiger partial charge < -0.3 is 0 Å². The summed E-state index contributed by atoms with van der Waals surface area (Å²) in [5.74, 6) is 0.693. The summed E-state index contributed by atoms with van der Waals surface area (Å²) in [6.07, 6.45) is 3.21. The number of rotatable bonds is 2. The van der Waals surface area contributed by atoms with E-state index in [-0.39, 0.29) is 0 Å². The summed E-state index contributed by atoms with van der Waals surface area (Å²) in [6.45, 7) is 5.41. The van der Waals surface area contributed by atoms with Crippen molar-refractivity contribution in [2.45, 2.75) is 6.92 Å². The van der Waals surface area contributed by atoms with E-state index >= 15 is 0 Å². The first kappa shape index (κ1) is 9.39. The fourth-order valence-electron chi connectivity index (χ4n) is 0.978. The summed E-state index contributed by atoms with van der Waals surface area (Å²) >= 11 is 0. The van der Waals surface area contributed by atoms with Crippen LogP contribution in [0.1, 0.15) is 12.5 Å². The first-order valence-electron chi connectivity index (χ1n) is 4.11. The van der Waals surface area contributed by atoms with Gasteiger partial charge in [0.25, 0.3) is 0 Å². The summed E-state index contributed by atoms with van der Waals surface area (Å²) in [6, 6.07) is 9.81. The first-order chi connectivity index (χ1) is 6.38. The molecule has 0 heterocycles. The lowest BCUT2D eigenvalue weighted by Crippen LogP contribution is -1.95. The largest absolute Gasteiger partial charge is 0.241 e. The van der Waals surface area contributed by atoms with E-state index in [9.17, 15) is 0 Å². The van der Waals surface area contributed by atoms with Crippen molar-refractivity contribution in [2.24, 2.45) is 9.98 Å². The second kappa shape index (κ2) is 5.04. The quantitative estimate of drug-likeness (QED) is 0.484. The molecule has 1 rings (SSSR count). The Balaban J connectivity index is 3.03. The Kier molecular flexibility index (Phi) is 3.64. The maximum atomic E-state index is 4.14. The van der Waals surface area contributed by atoms with Crippen molar-refractivity contribution >= 4 is 12.1 Å². The molecule has 0 aliphatic rings. The van der Waals surface area contributed by atoms with Crippen molar-refractivity contribution in [3.8, 4) is 0 Å². The molecule has 0 saturated heterocycles. The zero-order chi connectivity index (χ0) is 9.52. The highest BCUT2D eigenvalue weighted by molar-refractivity contribution is 6.03. The van der Waals surface area contributed by atoms with E-state index in [1.807, 2.05) is 37.3 Å². The molecule has 0 fully saturated rings. The fraction of sp³-hybridized carbons (Fsp3) is 0.0909. The Morgan fingerprint density at radius 3 is 2.54 bits per heavy atom. The normalized spacial score (nSPS) is 11.9. The predicted octanol–water partition coefficient (Wildman–Crippen LogP) is 2.67. The second-order valence-corrected chi connectivity index (χ2v) is 2.39. The third-order valence-electron chi connectivity index (χ3n) is 1.50. The van der Waals surface area contributed by atoms with Crippen LogP contribution in [0.4, 0.5) is 0 Å². The summed E-state index contributed by atoms with van der Waals surface area (Å²) in [4.78, 5) is 8.20. The van der Waals surface area contributed by atoms with Crippen LogP contribution < -0.4 is 0 Å². The Labute approximate surface area is 78.4 Å². The molecule has 0 aliphatic carbocycles. The topological polar surface area (TPSA) is 24.7 Å². The number of amidine groups is 1. The summed E-state index contributed by atoms with van der Waals surface area (Å²) in [5, 5.41) is 0. The second-order valence-electron chi connectivity index (χ2n) is 2.39. The van der Waals surface area contributed by atoms with Gasteiger partial charge in [-0.25, -0.2) is 9.98 Å². The molecule has 2 nitrogen and oxygen atoms in total. The minimum absolute atomic E-state index is 0.693. The molecule has 0 spiro atoms. The summed E-state index contributed by atoms with van der Waals surface area (Å²) in [7, 11) is 0. The first-order valence-corrected chi connectivity index (χ1v) is 4.11. The van der Waals surface area contributed by atoms with Crippen LogP contribution in [0, 0.1) is 0 Å². The van der Waals surface area contributed by atoms with E-state index in [1.54, 1.807) is 6.21 Å². The van der Waals surface area contributed by atoms with Gasteiger partial charge in [-0.2, -0.15) is 0 Å². The van der Waals surface area contributed by atoms with Crippen LogP contribution in [0.25, 0.3) is 0 Å². The predicted molar refractivity (Wildman–Crippen MR) is 57.3 cm³/mol. The highest BCUT2D eigenvalue weighted by Gasteiger charge is 1.96. The fourth-order valence-corrected chi connectivity index (χ4v) is 0.978. The molecule has 0 aliphatic heterocycles. The molecule has 0 amide bonds. The molecule has 0 unspecified atom stereocenters. The monoisotopic (exact) mass is 172 g/mol. The highest BCUT2D eigenvalue weighted by Crippen LogP contribution is 2.02. The van der Waals surface area contributed by atoms with Crippen LogP contribution >= 0.6 is 0 Å². The molecule has 66 valence electrons. The molecule has 0 bridgehead atoms. The SMILES string of the molecule is C=CN=C(N=CC)c1ccccc1. The molecule has 1 aromatic rings. The van der Waals surface area contributed by atoms with Gasteiger partial charge in [-0.05, 0) is 6.92 Å². The van der Waals surface area contributed by atoms with Crippen LogP contribution in [-0.4, -0.2) is 12.1 Å². The van der Waals surface area contributed by atoms with Gasteiger partial charge in [0.2, 0.25) is 0 Å². The Morgan fingerprint density at radius 1 is 1.31 bits per heavy atom. The van der Waals surface area contributed by atoms with Crippen LogP contribution in [0.15, 0.2) is 53.1 Å². The molecule has 2 heteroatoms. The van der Waals surface area contributed by atoms with E-state index in [1.165, 1.54) is 6.20 Å². The van der Waals surface area contributed by atoms with Gasteiger partial charge in [0.1, 0.15) is 0 Å². The maximum absolute atomic E-state index is 4.14. The third-order valence-corrected chi connectivity index (χ3v) is 1.50. The van der Waals surface area contributed by atoms with Gasteiger partial charge in [0.15, 0.2) is 5.84 Å². The van der Waals surface area contributed by atoms with Gasteiger partial charge in [-0.15, -0.1) is 0 Å². The van der Waals surface area contributed by atoms with Crippen molar-refractivity contribution in [2.75, 3.05) is 0 Å². The lowest BCUT2D eigenvalue weighted by molar-refractivity contribution is 1.47. The third kappa shape index (κ3) is 2.67. The Morgan fingerprint density at radius 2 is 2.00 bits per heavy atom. The molecular weight excluding hydrogens is 160 g/mol. The van der Waals surface area contributed by atoms with Gasteiger partial charge in [-0.3, -0.25) is 0 Å². The van der Waals surface area contributed by atoms with Crippen molar-refractivity contribution in [1.29, 1.82) is 0 Å². The lowest BCUT2D eigenvalue weighted by Gasteiger charge is -1.97.